The Morgan fingerprint density at radius 1 is 1.16 bits per heavy atom. The molecule has 0 spiro atoms. The number of thioether (sulfide) groups is 1. The third-order valence-corrected chi connectivity index (χ3v) is 6.10. The summed E-state index contributed by atoms with van der Waals surface area (Å²) in [5.41, 5.74) is 7.23. The molecule has 1 saturated heterocycles. The second kappa shape index (κ2) is 9.78. The minimum Gasteiger partial charge on any atom is -0.457 e. The number of carbonyl (C=O) groups is 2. The van der Waals surface area contributed by atoms with Gasteiger partial charge in [0.1, 0.15) is 16.5 Å². The average molecular weight is 439 g/mol. The lowest BCUT2D eigenvalue weighted by Gasteiger charge is -2.19. The van der Waals surface area contributed by atoms with Crippen LogP contribution in [0.5, 0.6) is 11.5 Å². The number of likely N-dealkylation sites (tertiary alicyclic amines) is 1. The van der Waals surface area contributed by atoms with Gasteiger partial charge in [0.15, 0.2) is 0 Å². The second-order valence-electron chi connectivity index (χ2n) is 7.68. The fourth-order valence-corrected chi connectivity index (χ4v) is 3.81. The number of hydrogen-bond acceptors (Lipinski definition) is 6. The highest BCUT2D eigenvalue weighted by molar-refractivity contribution is 8.26. The van der Waals surface area contributed by atoms with E-state index >= 15 is 0 Å². The Bertz CT molecular complexity index is 1020. The Labute approximate surface area is 186 Å². The van der Waals surface area contributed by atoms with Gasteiger partial charge in [0.25, 0.3) is 0 Å². The minimum atomic E-state index is -0.554. The predicted molar refractivity (Wildman–Crippen MR) is 123 cm³/mol. The van der Waals surface area contributed by atoms with Crippen LogP contribution in [0.3, 0.4) is 0 Å². The zero-order valence-electron chi connectivity index (χ0n) is 17.6. The van der Waals surface area contributed by atoms with Gasteiger partial charge in [-0.25, -0.2) is 0 Å². The van der Waals surface area contributed by atoms with Crippen molar-refractivity contribution in [3.63, 3.8) is 0 Å². The van der Waals surface area contributed by atoms with Gasteiger partial charge in [-0.2, -0.15) is 0 Å². The highest BCUT2D eigenvalue weighted by Gasteiger charge is 2.22. The van der Waals surface area contributed by atoms with Crippen molar-refractivity contribution in [2.45, 2.75) is 33.2 Å². The third-order valence-electron chi connectivity index (χ3n) is 4.96. The molecule has 31 heavy (non-hydrogen) atoms. The van der Waals surface area contributed by atoms with Crippen LogP contribution in [0, 0.1) is 16.7 Å². The van der Waals surface area contributed by atoms with Crippen LogP contribution < -0.4 is 10.5 Å². The van der Waals surface area contributed by atoms with Gasteiger partial charge in [-0.3, -0.25) is 20.4 Å². The molecule has 2 aromatic rings. The lowest BCUT2D eigenvalue weighted by atomic mass is 10.1. The van der Waals surface area contributed by atoms with Crippen LogP contribution in [0.2, 0.25) is 0 Å². The maximum Gasteiger partial charge on any atom is 0.248 e. The molecule has 0 atom stereocenters. The molecule has 2 aromatic carbocycles. The number of nitrogens with two attached hydrogens (primary N) is 1. The Morgan fingerprint density at radius 2 is 1.84 bits per heavy atom. The van der Waals surface area contributed by atoms with E-state index in [0.29, 0.717) is 52.2 Å². The molecule has 2 amide bonds. The summed E-state index contributed by atoms with van der Waals surface area (Å²) in [7, 11) is 0. The maximum absolute atomic E-state index is 12.0. The lowest BCUT2D eigenvalue weighted by molar-refractivity contribution is -0.128. The molecule has 0 aliphatic carbocycles. The van der Waals surface area contributed by atoms with Crippen LogP contribution in [0.4, 0.5) is 0 Å². The molecule has 7 nitrogen and oxygen atoms in total. The van der Waals surface area contributed by atoms with E-state index in [2.05, 4.69) is 0 Å². The largest absolute Gasteiger partial charge is 0.457 e. The van der Waals surface area contributed by atoms with Gasteiger partial charge in [-0.1, -0.05) is 31.7 Å². The minimum absolute atomic E-state index is 0.0754. The fourth-order valence-electron chi connectivity index (χ4n) is 3.10. The van der Waals surface area contributed by atoms with E-state index in [0.717, 1.165) is 23.7 Å². The number of benzene rings is 2. The standard InChI is InChI=1S/C23H26N4O3S/c1-14(2)22(25)31-23(26)15-7-9-18(10-8-15)30-19-12-16(21(24)29)5-6-17(19)13-27-11-3-4-20(27)28/h5-10,12,14,25-26H,3-4,11,13H2,1-2H3,(H2,24,29). The van der Waals surface area contributed by atoms with Gasteiger partial charge in [0.2, 0.25) is 11.8 Å². The number of primary amides is 1. The molecule has 0 bridgehead atoms. The molecule has 1 aliphatic rings. The number of carbonyl (C=O) groups excluding carboxylic acids is 2. The van der Waals surface area contributed by atoms with E-state index in [1.807, 2.05) is 13.8 Å². The summed E-state index contributed by atoms with van der Waals surface area (Å²) in [4.78, 5) is 25.4. The van der Waals surface area contributed by atoms with Crippen molar-refractivity contribution in [1.82, 2.24) is 4.90 Å². The van der Waals surface area contributed by atoms with Gasteiger partial charge in [-0.05, 0) is 42.8 Å². The monoisotopic (exact) mass is 438 g/mol. The van der Waals surface area contributed by atoms with Crippen LogP contribution in [0.15, 0.2) is 42.5 Å². The highest BCUT2D eigenvalue weighted by atomic mass is 32.2. The molecule has 0 radical (unpaired) electrons. The molecule has 1 fully saturated rings. The Balaban J connectivity index is 1.79. The summed E-state index contributed by atoms with van der Waals surface area (Å²) >= 11 is 1.13. The Hall–Kier alpha value is -3.13. The van der Waals surface area contributed by atoms with Gasteiger partial charge in [0, 0.05) is 42.1 Å². The van der Waals surface area contributed by atoms with Crippen LogP contribution >= 0.6 is 11.8 Å². The number of nitrogens with zero attached hydrogens (tertiary/aromatic N) is 1. The summed E-state index contributed by atoms with van der Waals surface area (Å²) in [6.45, 7) is 4.96. The zero-order chi connectivity index (χ0) is 22.5. The van der Waals surface area contributed by atoms with Crippen LogP contribution in [0.1, 0.15) is 48.2 Å². The summed E-state index contributed by atoms with van der Waals surface area (Å²) in [6.07, 6.45) is 1.39. The van der Waals surface area contributed by atoms with Gasteiger partial charge in [0.05, 0.1) is 5.04 Å². The number of rotatable bonds is 7. The van der Waals surface area contributed by atoms with E-state index in [-0.39, 0.29) is 11.8 Å². The van der Waals surface area contributed by atoms with Crippen molar-refractivity contribution < 1.29 is 14.3 Å². The van der Waals surface area contributed by atoms with Crippen molar-refractivity contribution in [3.8, 4) is 11.5 Å². The lowest BCUT2D eigenvalue weighted by Crippen LogP contribution is -2.24. The highest BCUT2D eigenvalue weighted by Crippen LogP contribution is 2.30. The molecule has 162 valence electrons. The first-order valence-corrected chi connectivity index (χ1v) is 10.9. The molecule has 0 aromatic heterocycles. The zero-order valence-corrected chi connectivity index (χ0v) is 18.4. The quantitative estimate of drug-likeness (QED) is 0.438. The molecular weight excluding hydrogens is 412 g/mol. The van der Waals surface area contributed by atoms with Crippen molar-refractivity contribution in [1.29, 1.82) is 10.8 Å². The predicted octanol–water partition coefficient (Wildman–Crippen LogP) is 4.39. The molecule has 1 aliphatic heterocycles. The molecule has 3 rings (SSSR count). The smallest absolute Gasteiger partial charge is 0.248 e. The average Bonchev–Trinajstić information content (AvgIpc) is 3.14. The topological polar surface area (TPSA) is 120 Å². The molecule has 0 unspecified atom stereocenters. The van der Waals surface area contributed by atoms with E-state index in [1.54, 1.807) is 47.4 Å². The number of amides is 2. The van der Waals surface area contributed by atoms with Crippen LogP contribution in [-0.4, -0.2) is 33.3 Å². The van der Waals surface area contributed by atoms with Gasteiger partial charge < -0.3 is 15.4 Å². The van der Waals surface area contributed by atoms with E-state index in [4.69, 9.17) is 21.3 Å². The van der Waals surface area contributed by atoms with Crippen LogP contribution in [-0.2, 0) is 11.3 Å². The van der Waals surface area contributed by atoms with Gasteiger partial charge in [-0.15, -0.1) is 0 Å². The first-order chi connectivity index (χ1) is 14.7. The fraction of sp³-hybridized carbons (Fsp3) is 0.304. The Morgan fingerprint density at radius 3 is 2.42 bits per heavy atom. The van der Waals surface area contributed by atoms with Crippen LogP contribution in [0.25, 0.3) is 0 Å². The molecular formula is C23H26N4O3S. The van der Waals surface area contributed by atoms with Crippen molar-refractivity contribution in [2.24, 2.45) is 11.7 Å². The first kappa shape index (κ1) is 22.6. The third kappa shape index (κ3) is 5.73. The summed E-state index contributed by atoms with van der Waals surface area (Å²) in [5.74, 6) is 0.636. The van der Waals surface area contributed by atoms with Crippen molar-refractivity contribution >= 4 is 33.7 Å². The first-order valence-electron chi connectivity index (χ1n) is 10.1. The van der Waals surface area contributed by atoms with Crippen molar-refractivity contribution in [3.05, 3.63) is 59.2 Å². The van der Waals surface area contributed by atoms with E-state index in [9.17, 15) is 9.59 Å². The van der Waals surface area contributed by atoms with E-state index in [1.165, 1.54) is 0 Å². The molecule has 8 heteroatoms. The van der Waals surface area contributed by atoms with E-state index < -0.39 is 5.91 Å². The second-order valence-corrected chi connectivity index (χ2v) is 8.73. The maximum atomic E-state index is 12.0. The summed E-state index contributed by atoms with van der Waals surface area (Å²) < 4.78 is 6.03. The molecule has 4 N–H and O–H groups in total. The number of hydrogen-bond donors (Lipinski definition) is 3. The molecule has 0 saturated carbocycles. The summed E-state index contributed by atoms with van der Waals surface area (Å²) in [6, 6.07) is 12.0. The Kier molecular flexibility index (Phi) is 7.12. The number of nitrogens with one attached hydrogen (secondary N) is 2. The molecule has 1 heterocycles. The van der Waals surface area contributed by atoms with Crippen molar-refractivity contribution in [2.75, 3.05) is 6.54 Å². The summed E-state index contributed by atoms with van der Waals surface area (Å²) in [5, 5.41) is 16.9. The number of ether oxygens (including phenoxy) is 1. The SMILES string of the molecule is CC(C)C(=N)SC(=N)c1ccc(Oc2cc(C(N)=O)ccc2CN2CCCC2=O)cc1. The normalized spacial score (nSPS) is 13.5. The van der Waals surface area contributed by atoms with Gasteiger partial charge >= 0.3 is 0 Å².